The quantitative estimate of drug-likeness (QED) is 0.0949. The lowest BCUT2D eigenvalue weighted by Crippen LogP contribution is -2.60. The number of hydrogen-bond acceptors (Lipinski definition) is 2. The van der Waals surface area contributed by atoms with E-state index in [-0.39, 0.29) is 6.42 Å². The Morgan fingerprint density at radius 2 is 1.03 bits per heavy atom. The standard InChI is InChI=1S/C27H45F9O2/c28-24(29,25(30,31)26(32,33)27(34,35)36)19-14-11-9-7-5-3-1-2-4-6-8-10-12-15-20-37-22-18-23-17-13-16-21-38-23/h23H,1-22H2. The summed E-state index contributed by atoms with van der Waals surface area (Å²) in [6.07, 6.45) is 7.95. The lowest BCUT2D eigenvalue weighted by Gasteiger charge is -2.33. The van der Waals surface area contributed by atoms with Crippen LogP contribution in [0.2, 0.25) is 0 Å². The van der Waals surface area contributed by atoms with Crippen molar-refractivity contribution in [1.29, 1.82) is 0 Å². The fraction of sp³-hybridized carbons (Fsp3) is 1.00. The molecule has 1 aliphatic rings. The monoisotopic (exact) mass is 572 g/mol. The zero-order chi connectivity index (χ0) is 28.5. The van der Waals surface area contributed by atoms with E-state index < -0.39 is 36.8 Å². The Bertz CT molecular complexity index is 592. The third-order valence-electron chi connectivity index (χ3n) is 7.10. The topological polar surface area (TPSA) is 18.5 Å². The van der Waals surface area contributed by atoms with Gasteiger partial charge in [0, 0.05) is 26.2 Å². The molecule has 1 fully saturated rings. The van der Waals surface area contributed by atoms with Crippen molar-refractivity contribution in [3.63, 3.8) is 0 Å². The average molecular weight is 573 g/mol. The van der Waals surface area contributed by atoms with Gasteiger partial charge in [0.2, 0.25) is 0 Å². The van der Waals surface area contributed by atoms with Crippen molar-refractivity contribution in [1.82, 2.24) is 0 Å². The Morgan fingerprint density at radius 3 is 1.47 bits per heavy atom. The van der Waals surface area contributed by atoms with Crippen molar-refractivity contribution >= 4 is 0 Å². The van der Waals surface area contributed by atoms with Crippen LogP contribution in [0.1, 0.15) is 122 Å². The van der Waals surface area contributed by atoms with Crippen molar-refractivity contribution < 1.29 is 49.0 Å². The average Bonchev–Trinajstić information content (AvgIpc) is 2.85. The number of alkyl halides is 9. The predicted octanol–water partition coefficient (Wildman–Crippen LogP) is 10.3. The summed E-state index contributed by atoms with van der Waals surface area (Å²) in [4.78, 5) is 0. The van der Waals surface area contributed by atoms with Crippen molar-refractivity contribution in [2.24, 2.45) is 0 Å². The second-order valence-electron chi connectivity index (χ2n) is 10.4. The zero-order valence-corrected chi connectivity index (χ0v) is 22.4. The first-order valence-corrected chi connectivity index (χ1v) is 14.2. The second kappa shape index (κ2) is 17.9. The lowest BCUT2D eigenvalue weighted by atomic mass is 9.97. The van der Waals surface area contributed by atoms with Gasteiger partial charge in [-0.25, -0.2) is 0 Å². The number of rotatable bonds is 22. The van der Waals surface area contributed by atoms with E-state index in [2.05, 4.69) is 0 Å². The van der Waals surface area contributed by atoms with Gasteiger partial charge in [0.15, 0.2) is 0 Å². The van der Waals surface area contributed by atoms with E-state index in [1.165, 1.54) is 32.1 Å². The SMILES string of the molecule is FC(F)(F)C(F)(F)C(F)(F)C(F)(F)CCCCCCCCCCCCCCCCOCCC1CCCCO1. The number of halogens is 9. The number of ether oxygens (including phenoxy) is 2. The van der Waals surface area contributed by atoms with Gasteiger partial charge in [-0.2, -0.15) is 39.5 Å². The van der Waals surface area contributed by atoms with Gasteiger partial charge in [0.1, 0.15) is 0 Å². The highest BCUT2D eigenvalue weighted by molar-refractivity contribution is 5.00. The molecular formula is C27H45F9O2. The molecule has 0 amide bonds. The summed E-state index contributed by atoms with van der Waals surface area (Å²) >= 11 is 0. The molecule has 11 heteroatoms. The number of hydrogen-bond donors (Lipinski definition) is 0. The molecule has 1 unspecified atom stereocenters. The molecule has 1 atom stereocenters. The third kappa shape index (κ3) is 12.6. The van der Waals surface area contributed by atoms with E-state index in [9.17, 15) is 39.5 Å². The van der Waals surface area contributed by atoms with Gasteiger partial charge in [-0.1, -0.05) is 77.0 Å². The van der Waals surface area contributed by atoms with Crippen LogP contribution in [0.4, 0.5) is 39.5 Å². The van der Waals surface area contributed by atoms with Gasteiger partial charge < -0.3 is 9.47 Å². The molecule has 0 aromatic rings. The van der Waals surface area contributed by atoms with E-state index >= 15 is 0 Å². The molecule has 0 spiro atoms. The smallest absolute Gasteiger partial charge is 0.381 e. The van der Waals surface area contributed by atoms with Crippen molar-refractivity contribution in [2.75, 3.05) is 19.8 Å². The van der Waals surface area contributed by atoms with Crippen LogP contribution in [-0.2, 0) is 9.47 Å². The molecule has 2 nitrogen and oxygen atoms in total. The van der Waals surface area contributed by atoms with Crippen LogP contribution in [0.25, 0.3) is 0 Å². The molecule has 1 saturated heterocycles. The Hall–Kier alpha value is -0.710. The van der Waals surface area contributed by atoms with Crippen LogP contribution in [0, 0.1) is 0 Å². The van der Waals surface area contributed by atoms with Gasteiger partial charge in [0.25, 0.3) is 0 Å². The molecule has 228 valence electrons. The zero-order valence-electron chi connectivity index (χ0n) is 22.4. The van der Waals surface area contributed by atoms with Crippen LogP contribution in [-0.4, -0.2) is 49.9 Å². The lowest BCUT2D eigenvalue weighted by molar-refractivity contribution is -0.396. The maximum Gasteiger partial charge on any atom is 0.460 e. The molecule has 0 bridgehead atoms. The van der Waals surface area contributed by atoms with Gasteiger partial charge >= 0.3 is 23.9 Å². The molecule has 0 aromatic heterocycles. The first-order chi connectivity index (χ1) is 17.8. The Morgan fingerprint density at radius 1 is 0.553 bits per heavy atom. The molecule has 1 rings (SSSR count). The molecule has 0 aromatic carbocycles. The van der Waals surface area contributed by atoms with E-state index in [0.717, 1.165) is 77.6 Å². The maximum absolute atomic E-state index is 13.5. The summed E-state index contributed by atoms with van der Waals surface area (Å²) in [5.74, 6) is -18.7. The van der Waals surface area contributed by atoms with Gasteiger partial charge in [0.05, 0.1) is 6.10 Å². The van der Waals surface area contributed by atoms with Crippen molar-refractivity contribution in [3.8, 4) is 0 Å². The molecule has 0 N–H and O–H groups in total. The summed E-state index contributed by atoms with van der Waals surface area (Å²) in [5.41, 5.74) is 0. The molecular weight excluding hydrogens is 527 g/mol. The predicted molar refractivity (Wildman–Crippen MR) is 129 cm³/mol. The highest BCUT2D eigenvalue weighted by Gasteiger charge is 2.81. The summed E-state index contributed by atoms with van der Waals surface area (Å²) in [6.45, 7) is 2.45. The first kappa shape index (κ1) is 35.3. The molecule has 0 radical (unpaired) electrons. The highest BCUT2D eigenvalue weighted by Crippen LogP contribution is 2.54. The van der Waals surface area contributed by atoms with Crippen LogP contribution < -0.4 is 0 Å². The van der Waals surface area contributed by atoms with E-state index in [1.54, 1.807) is 0 Å². The molecule has 0 aliphatic carbocycles. The van der Waals surface area contributed by atoms with Gasteiger partial charge in [-0.3, -0.25) is 0 Å². The van der Waals surface area contributed by atoms with E-state index in [4.69, 9.17) is 9.47 Å². The molecule has 1 aliphatic heterocycles. The minimum Gasteiger partial charge on any atom is -0.381 e. The minimum absolute atomic E-state index is 0.0727. The van der Waals surface area contributed by atoms with Crippen molar-refractivity contribution in [2.45, 2.75) is 152 Å². The van der Waals surface area contributed by atoms with Crippen LogP contribution in [0.15, 0.2) is 0 Å². The largest absolute Gasteiger partial charge is 0.460 e. The first-order valence-electron chi connectivity index (χ1n) is 14.2. The van der Waals surface area contributed by atoms with Crippen LogP contribution in [0.3, 0.4) is 0 Å². The van der Waals surface area contributed by atoms with E-state index in [0.29, 0.717) is 18.9 Å². The summed E-state index contributed by atoms with van der Waals surface area (Å²) in [7, 11) is 0. The Kier molecular flexibility index (Phi) is 16.6. The maximum atomic E-state index is 13.5. The Balaban J connectivity index is 1.89. The van der Waals surface area contributed by atoms with E-state index in [1.807, 2.05) is 0 Å². The molecule has 38 heavy (non-hydrogen) atoms. The third-order valence-corrected chi connectivity index (χ3v) is 7.10. The second-order valence-corrected chi connectivity index (χ2v) is 10.4. The molecule has 1 heterocycles. The summed E-state index contributed by atoms with van der Waals surface area (Å²) in [5, 5.41) is 0. The fourth-order valence-electron chi connectivity index (χ4n) is 4.59. The van der Waals surface area contributed by atoms with Gasteiger partial charge in [-0.15, -0.1) is 0 Å². The Labute approximate surface area is 221 Å². The van der Waals surface area contributed by atoms with Gasteiger partial charge in [-0.05, 0) is 38.5 Å². The summed E-state index contributed by atoms with van der Waals surface area (Å²) in [6, 6.07) is 0. The fourth-order valence-corrected chi connectivity index (χ4v) is 4.59. The highest BCUT2D eigenvalue weighted by atomic mass is 19.4. The minimum atomic E-state index is -6.79. The summed E-state index contributed by atoms with van der Waals surface area (Å²) < 4.78 is 127. The van der Waals surface area contributed by atoms with Crippen molar-refractivity contribution in [3.05, 3.63) is 0 Å². The number of unbranched alkanes of at least 4 members (excludes halogenated alkanes) is 13. The normalized spacial score (nSPS) is 17.8. The molecule has 0 saturated carbocycles. The van der Waals surface area contributed by atoms with Crippen LogP contribution >= 0.6 is 0 Å². The van der Waals surface area contributed by atoms with Crippen LogP contribution in [0.5, 0.6) is 0 Å².